The fourth-order valence-corrected chi connectivity index (χ4v) is 1.33. The van der Waals surface area contributed by atoms with Crippen molar-refractivity contribution in [3.8, 4) is 0 Å². The van der Waals surface area contributed by atoms with E-state index in [1.54, 1.807) is 0 Å². The number of hydrogen-bond acceptors (Lipinski definition) is 2. The molecule has 0 amide bonds. The Kier molecular flexibility index (Phi) is 4.66. The van der Waals surface area contributed by atoms with Crippen molar-refractivity contribution in [2.75, 3.05) is 13.1 Å². The van der Waals surface area contributed by atoms with Gasteiger partial charge in [0.2, 0.25) is 0 Å². The molecule has 1 aromatic heterocycles. The predicted octanol–water partition coefficient (Wildman–Crippen LogP) is 1.60. The van der Waals surface area contributed by atoms with Gasteiger partial charge in [0.1, 0.15) is 0 Å². The Morgan fingerprint density at radius 2 is 2.36 bits per heavy atom. The van der Waals surface area contributed by atoms with Crippen LogP contribution < -0.4 is 5.32 Å². The highest BCUT2D eigenvalue weighted by Crippen LogP contribution is 1.99. The van der Waals surface area contributed by atoms with Crippen LogP contribution in [0.3, 0.4) is 0 Å². The summed E-state index contributed by atoms with van der Waals surface area (Å²) in [5.41, 5.74) is 1.31. The minimum Gasteiger partial charge on any atom is -0.316 e. The van der Waals surface area contributed by atoms with Gasteiger partial charge in [-0.15, -0.1) is 0 Å². The van der Waals surface area contributed by atoms with Crippen LogP contribution in [0.2, 0.25) is 0 Å². The lowest BCUT2D eigenvalue weighted by Gasteiger charge is -2.08. The topological polar surface area (TPSA) is 29.9 Å². The summed E-state index contributed by atoms with van der Waals surface area (Å²) in [6.45, 7) is 6.68. The van der Waals surface area contributed by atoms with Crippen LogP contribution >= 0.6 is 0 Å². The third kappa shape index (κ3) is 3.92. The standard InChI is InChI=1S/C11H21N3/c1-4-10(2)7-12-6-5-11-8-13-14(3)9-11/h8-10,12H,4-7H2,1-3H3. The maximum Gasteiger partial charge on any atom is 0.0522 e. The van der Waals surface area contributed by atoms with Gasteiger partial charge in [0.25, 0.3) is 0 Å². The lowest BCUT2D eigenvalue weighted by molar-refractivity contribution is 0.502. The molecule has 1 aromatic rings. The minimum atomic E-state index is 0.781. The first-order valence-electron chi connectivity index (χ1n) is 5.40. The summed E-state index contributed by atoms with van der Waals surface area (Å²) in [6, 6.07) is 0. The van der Waals surface area contributed by atoms with E-state index >= 15 is 0 Å². The summed E-state index contributed by atoms with van der Waals surface area (Å²) in [5.74, 6) is 0.781. The van der Waals surface area contributed by atoms with E-state index in [9.17, 15) is 0 Å². The van der Waals surface area contributed by atoms with Crippen molar-refractivity contribution in [1.82, 2.24) is 15.1 Å². The molecule has 1 atom stereocenters. The summed E-state index contributed by atoms with van der Waals surface area (Å²) in [6.07, 6.45) is 6.33. The van der Waals surface area contributed by atoms with Crippen LogP contribution in [0.15, 0.2) is 12.4 Å². The van der Waals surface area contributed by atoms with Gasteiger partial charge in [-0.1, -0.05) is 20.3 Å². The van der Waals surface area contributed by atoms with Gasteiger partial charge in [-0.25, -0.2) is 0 Å². The summed E-state index contributed by atoms with van der Waals surface area (Å²) in [5, 5.41) is 7.59. The van der Waals surface area contributed by atoms with E-state index in [4.69, 9.17) is 0 Å². The number of aromatic nitrogens is 2. The average molecular weight is 195 g/mol. The number of rotatable bonds is 6. The lowest BCUT2D eigenvalue weighted by atomic mass is 10.1. The van der Waals surface area contributed by atoms with Crippen molar-refractivity contribution in [2.24, 2.45) is 13.0 Å². The maximum absolute atomic E-state index is 4.14. The minimum absolute atomic E-state index is 0.781. The van der Waals surface area contributed by atoms with Crippen molar-refractivity contribution < 1.29 is 0 Å². The van der Waals surface area contributed by atoms with E-state index < -0.39 is 0 Å². The molecule has 0 aliphatic carbocycles. The first-order valence-corrected chi connectivity index (χ1v) is 5.40. The highest BCUT2D eigenvalue weighted by Gasteiger charge is 1.98. The molecule has 0 spiro atoms. The third-order valence-electron chi connectivity index (χ3n) is 2.54. The quantitative estimate of drug-likeness (QED) is 0.699. The van der Waals surface area contributed by atoms with E-state index in [0.717, 1.165) is 25.4 Å². The molecule has 3 heteroatoms. The molecule has 1 heterocycles. The van der Waals surface area contributed by atoms with Gasteiger partial charge < -0.3 is 5.32 Å². The Hall–Kier alpha value is -0.830. The largest absolute Gasteiger partial charge is 0.316 e. The fraction of sp³-hybridized carbons (Fsp3) is 0.727. The van der Waals surface area contributed by atoms with Crippen LogP contribution in [0.4, 0.5) is 0 Å². The molecule has 0 aromatic carbocycles. The molecule has 0 bridgehead atoms. The van der Waals surface area contributed by atoms with Crippen molar-refractivity contribution in [3.63, 3.8) is 0 Å². The number of nitrogens with zero attached hydrogens (tertiary/aromatic N) is 2. The zero-order chi connectivity index (χ0) is 10.4. The second-order valence-electron chi connectivity index (χ2n) is 3.99. The van der Waals surface area contributed by atoms with E-state index in [1.807, 2.05) is 17.9 Å². The first-order chi connectivity index (χ1) is 6.72. The van der Waals surface area contributed by atoms with Gasteiger partial charge in [0.15, 0.2) is 0 Å². The summed E-state index contributed by atoms with van der Waals surface area (Å²) in [7, 11) is 1.95. The average Bonchev–Trinajstić information content (AvgIpc) is 2.58. The lowest BCUT2D eigenvalue weighted by Crippen LogP contribution is -2.23. The van der Waals surface area contributed by atoms with Crippen LogP contribution in [-0.4, -0.2) is 22.9 Å². The zero-order valence-corrected chi connectivity index (χ0v) is 9.45. The summed E-state index contributed by atoms with van der Waals surface area (Å²) >= 11 is 0. The van der Waals surface area contributed by atoms with Gasteiger partial charge in [-0.3, -0.25) is 4.68 Å². The van der Waals surface area contributed by atoms with Gasteiger partial charge in [0, 0.05) is 13.2 Å². The Labute approximate surface area is 86.5 Å². The van der Waals surface area contributed by atoms with Crippen molar-refractivity contribution >= 4 is 0 Å². The highest BCUT2D eigenvalue weighted by atomic mass is 15.2. The molecule has 0 fully saturated rings. The molecule has 0 aliphatic rings. The van der Waals surface area contributed by atoms with Gasteiger partial charge in [-0.2, -0.15) is 5.10 Å². The SMILES string of the molecule is CCC(C)CNCCc1cnn(C)c1. The van der Waals surface area contributed by atoms with Gasteiger partial charge >= 0.3 is 0 Å². The highest BCUT2D eigenvalue weighted by molar-refractivity contribution is 5.03. The monoisotopic (exact) mass is 195 g/mol. The van der Waals surface area contributed by atoms with Crippen LogP contribution in [0.1, 0.15) is 25.8 Å². The molecule has 0 aliphatic heterocycles. The molecule has 0 radical (unpaired) electrons. The van der Waals surface area contributed by atoms with Crippen LogP contribution in [-0.2, 0) is 13.5 Å². The normalized spacial score (nSPS) is 13.1. The van der Waals surface area contributed by atoms with Crippen LogP contribution in [0.25, 0.3) is 0 Å². The molecule has 3 nitrogen and oxygen atoms in total. The van der Waals surface area contributed by atoms with E-state index in [-0.39, 0.29) is 0 Å². The van der Waals surface area contributed by atoms with E-state index in [0.29, 0.717) is 0 Å². The van der Waals surface area contributed by atoms with Crippen molar-refractivity contribution in [3.05, 3.63) is 18.0 Å². The van der Waals surface area contributed by atoms with Gasteiger partial charge in [-0.05, 0) is 31.0 Å². The molecular formula is C11H21N3. The molecule has 1 N–H and O–H groups in total. The van der Waals surface area contributed by atoms with Crippen molar-refractivity contribution in [1.29, 1.82) is 0 Å². The number of nitrogens with one attached hydrogen (secondary N) is 1. The molecule has 14 heavy (non-hydrogen) atoms. The Balaban J connectivity index is 2.10. The Morgan fingerprint density at radius 1 is 1.57 bits per heavy atom. The summed E-state index contributed by atoms with van der Waals surface area (Å²) in [4.78, 5) is 0. The molecule has 80 valence electrons. The molecule has 1 unspecified atom stereocenters. The predicted molar refractivity (Wildman–Crippen MR) is 59.2 cm³/mol. The summed E-state index contributed by atoms with van der Waals surface area (Å²) < 4.78 is 1.85. The van der Waals surface area contributed by atoms with Crippen LogP contribution in [0, 0.1) is 5.92 Å². The van der Waals surface area contributed by atoms with E-state index in [2.05, 4.69) is 30.5 Å². The van der Waals surface area contributed by atoms with Gasteiger partial charge in [0.05, 0.1) is 6.20 Å². The number of aryl methyl sites for hydroxylation is 1. The second-order valence-corrected chi connectivity index (χ2v) is 3.99. The molecule has 1 rings (SSSR count). The Morgan fingerprint density at radius 3 is 2.93 bits per heavy atom. The smallest absolute Gasteiger partial charge is 0.0522 e. The fourth-order valence-electron chi connectivity index (χ4n) is 1.33. The molecule has 0 saturated heterocycles. The molecule has 0 saturated carbocycles. The number of hydrogen-bond donors (Lipinski definition) is 1. The van der Waals surface area contributed by atoms with Crippen LogP contribution in [0.5, 0.6) is 0 Å². The van der Waals surface area contributed by atoms with Crippen molar-refractivity contribution in [2.45, 2.75) is 26.7 Å². The molecular weight excluding hydrogens is 174 g/mol. The third-order valence-corrected chi connectivity index (χ3v) is 2.54. The maximum atomic E-state index is 4.14. The van der Waals surface area contributed by atoms with E-state index in [1.165, 1.54) is 12.0 Å². The zero-order valence-electron chi connectivity index (χ0n) is 9.45. The first kappa shape index (κ1) is 11.2. The second kappa shape index (κ2) is 5.81. The Bertz CT molecular complexity index is 255.